The Morgan fingerprint density at radius 3 is 2.27 bits per heavy atom. The summed E-state index contributed by atoms with van der Waals surface area (Å²) in [4.78, 5) is 26.1. The number of Topliss-reactive ketones (excluding diaryl/α,β-unsaturated/α-hetero) is 1. The third kappa shape index (κ3) is 4.56. The first-order chi connectivity index (χ1) is 15.9. The van der Waals surface area contributed by atoms with Crippen LogP contribution in [0, 0.1) is 25.2 Å². The third-order valence-electron chi connectivity index (χ3n) is 5.57. The number of allylic oxidation sites excluding steroid dienone is 1. The van der Waals surface area contributed by atoms with Gasteiger partial charge in [0.25, 0.3) is 0 Å². The third-order valence-corrected chi connectivity index (χ3v) is 6.12. The number of aliphatic carboxylic acids is 1. The van der Waals surface area contributed by atoms with Crippen LogP contribution in [0.25, 0.3) is 16.6 Å². The molecule has 0 aliphatic carbocycles. The SMILES string of the molecule is Cc1ccc(C(=O)/C(Cc2ccc(C#N)cc2)=C(/C(=O)O)c2ccc3nsnc3c2)cc1C. The van der Waals surface area contributed by atoms with Crippen molar-refractivity contribution in [3.8, 4) is 6.07 Å². The highest BCUT2D eigenvalue weighted by Gasteiger charge is 2.24. The van der Waals surface area contributed by atoms with Crippen LogP contribution in [-0.4, -0.2) is 25.6 Å². The van der Waals surface area contributed by atoms with Crippen molar-refractivity contribution in [2.45, 2.75) is 20.3 Å². The van der Waals surface area contributed by atoms with Gasteiger partial charge in [-0.1, -0.05) is 30.3 Å². The molecule has 0 bridgehead atoms. The van der Waals surface area contributed by atoms with E-state index in [1.807, 2.05) is 19.9 Å². The summed E-state index contributed by atoms with van der Waals surface area (Å²) >= 11 is 1.05. The monoisotopic (exact) mass is 453 g/mol. The fourth-order valence-electron chi connectivity index (χ4n) is 3.60. The summed E-state index contributed by atoms with van der Waals surface area (Å²) in [6.07, 6.45) is 0.104. The molecular weight excluding hydrogens is 434 g/mol. The van der Waals surface area contributed by atoms with Gasteiger partial charge in [-0.3, -0.25) is 4.79 Å². The standard InChI is InChI=1S/C26H19N3O3S/c1-15-3-8-20(11-16(15)2)25(30)21(12-17-4-6-18(14-27)7-5-17)24(26(31)32)19-9-10-22-23(13-19)29-33-28-22/h3-11,13H,12H2,1-2H3,(H,31,32)/b24-21+. The number of fused-ring (bicyclic) bond motifs is 1. The Morgan fingerprint density at radius 2 is 1.61 bits per heavy atom. The number of hydrogen-bond donors (Lipinski definition) is 1. The van der Waals surface area contributed by atoms with Crippen LogP contribution in [-0.2, 0) is 11.2 Å². The predicted molar refractivity (Wildman–Crippen MR) is 127 cm³/mol. The Morgan fingerprint density at radius 1 is 0.909 bits per heavy atom. The highest BCUT2D eigenvalue weighted by Crippen LogP contribution is 2.28. The number of carbonyl (C=O) groups excluding carboxylic acids is 1. The van der Waals surface area contributed by atoms with Crippen LogP contribution in [0.2, 0.25) is 0 Å². The quantitative estimate of drug-likeness (QED) is 0.320. The molecule has 1 N–H and O–H groups in total. The van der Waals surface area contributed by atoms with E-state index in [1.54, 1.807) is 54.6 Å². The van der Waals surface area contributed by atoms with Gasteiger partial charge in [0.15, 0.2) is 5.78 Å². The first-order valence-electron chi connectivity index (χ1n) is 10.2. The van der Waals surface area contributed by atoms with Gasteiger partial charge in [-0.05, 0) is 66.4 Å². The van der Waals surface area contributed by atoms with Crippen LogP contribution in [0.1, 0.15) is 38.2 Å². The molecule has 0 atom stereocenters. The average Bonchev–Trinajstić information content (AvgIpc) is 3.28. The molecule has 1 aromatic heterocycles. The fraction of sp³-hybridized carbons (Fsp3) is 0.115. The minimum absolute atomic E-state index is 0.0718. The van der Waals surface area contributed by atoms with E-state index in [9.17, 15) is 14.7 Å². The molecule has 0 radical (unpaired) electrons. The number of benzene rings is 3. The lowest BCUT2D eigenvalue weighted by Gasteiger charge is -2.14. The Bertz CT molecular complexity index is 1460. The zero-order valence-electron chi connectivity index (χ0n) is 18.0. The lowest BCUT2D eigenvalue weighted by molar-refractivity contribution is -0.130. The van der Waals surface area contributed by atoms with Crippen LogP contribution in [0.15, 0.2) is 66.2 Å². The Kier molecular flexibility index (Phi) is 6.11. The van der Waals surface area contributed by atoms with E-state index in [0.717, 1.165) is 28.4 Å². The molecule has 162 valence electrons. The molecule has 0 aliphatic rings. The van der Waals surface area contributed by atoms with E-state index in [4.69, 9.17) is 5.26 Å². The molecule has 1 heterocycles. The van der Waals surface area contributed by atoms with Gasteiger partial charge in [0.05, 0.1) is 28.9 Å². The van der Waals surface area contributed by atoms with Gasteiger partial charge in [0, 0.05) is 17.6 Å². The summed E-state index contributed by atoms with van der Waals surface area (Å²) in [6.45, 7) is 3.87. The second kappa shape index (κ2) is 9.15. The molecule has 0 spiro atoms. The topological polar surface area (TPSA) is 104 Å². The molecule has 0 aliphatic heterocycles. The number of nitriles is 1. The molecule has 0 saturated heterocycles. The second-order valence-electron chi connectivity index (χ2n) is 7.74. The van der Waals surface area contributed by atoms with Crippen molar-refractivity contribution in [2.24, 2.45) is 0 Å². The molecule has 0 amide bonds. The van der Waals surface area contributed by atoms with E-state index in [0.29, 0.717) is 27.7 Å². The van der Waals surface area contributed by atoms with Crippen LogP contribution in [0.3, 0.4) is 0 Å². The molecule has 0 fully saturated rings. The maximum Gasteiger partial charge on any atom is 0.336 e. The van der Waals surface area contributed by atoms with Gasteiger partial charge in [0.1, 0.15) is 11.0 Å². The smallest absolute Gasteiger partial charge is 0.336 e. The normalized spacial score (nSPS) is 11.7. The number of aryl methyl sites for hydroxylation is 2. The summed E-state index contributed by atoms with van der Waals surface area (Å²) in [6, 6.07) is 19.2. The molecule has 33 heavy (non-hydrogen) atoms. The van der Waals surface area contributed by atoms with Crippen molar-refractivity contribution in [3.63, 3.8) is 0 Å². The van der Waals surface area contributed by atoms with Gasteiger partial charge in [0.2, 0.25) is 0 Å². The number of rotatable bonds is 6. The Balaban J connectivity index is 1.91. The van der Waals surface area contributed by atoms with Gasteiger partial charge in [-0.15, -0.1) is 0 Å². The number of nitrogens with zero attached hydrogens (tertiary/aromatic N) is 3. The number of hydrogen-bond acceptors (Lipinski definition) is 6. The van der Waals surface area contributed by atoms with Gasteiger partial charge in [-0.25, -0.2) is 4.79 Å². The number of aromatic nitrogens is 2. The van der Waals surface area contributed by atoms with Crippen molar-refractivity contribution >= 4 is 40.1 Å². The maximum absolute atomic E-state index is 13.7. The molecule has 6 nitrogen and oxygen atoms in total. The summed E-state index contributed by atoms with van der Waals surface area (Å²) in [7, 11) is 0. The highest BCUT2D eigenvalue weighted by atomic mass is 32.1. The molecule has 7 heteroatoms. The number of carboxylic acid groups (broad SMARTS) is 1. The van der Waals surface area contributed by atoms with Gasteiger partial charge >= 0.3 is 5.97 Å². The van der Waals surface area contributed by atoms with E-state index in [-0.39, 0.29) is 23.4 Å². The first-order valence-corrected chi connectivity index (χ1v) is 10.9. The summed E-state index contributed by atoms with van der Waals surface area (Å²) in [5.74, 6) is -1.55. The zero-order valence-corrected chi connectivity index (χ0v) is 18.8. The molecular formula is C26H19N3O3S. The average molecular weight is 454 g/mol. The molecule has 4 aromatic rings. The van der Waals surface area contributed by atoms with Crippen molar-refractivity contribution < 1.29 is 14.7 Å². The predicted octanol–water partition coefficient (Wildman–Crippen LogP) is 5.14. The number of carbonyl (C=O) groups is 2. The Hall–Kier alpha value is -4.15. The minimum atomic E-state index is -1.20. The van der Waals surface area contributed by atoms with E-state index < -0.39 is 5.97 Å². The first kappa shape index (κ1) is 22.1. The molecule has 0 unspecified atom stereocenters. The second-order valence-corrected chi connectivity index (χ2v) is 8.27. The molecule has 3 aromatic carbocycles. The summed E-state index contributed by atoms with van der Waals surface area (Å²) in [5, 5.41) is 19.3. The van der Waals surface area contributed by atoms with Crippen molar-refractivity contribution in [2.75, 3.05) is 0 Å². The van der Waals surface area contributed by atoms with Crippen LogP contribution >= 0.6 is 11.7 Å². The largest absolute Gasteiger partial charge is 0.478 e. The lowest BCUT2D eigenvalue weighted by atomic mass is 9.88. The van der Waals surface area contributed by atoms with Gasteiger partial charge < -0.3 is 5.11 Å². The van der Waals surface area contributed by atoms with Crippen molar-refractivity contribution in [3.05, 3.63) is 99.6 Å². The van der Waals surface area contributed by atoms with E-state index >= 15 is 0 Å². The zero-order chi connectivity index (χ0) is 23.5. The highest BCUT2D eigenvalue weighted by molar-refractivity contribution is 7.00. The van der Waals surface area contributed by atoms with Gasteiger partial charge in [-0.2, -0.15) is 14.0 Å². The summed E-state index contributed by atoms with van der Waals surface area (Å²) < 4.78 is 8.37. The summed E-state index contributed by atoms with van der Waals surface area (Å²) in [5.41, 5.74) is 5.38. The lowest BCUT2D eigenvalue weighted by Crippen LogP contribution is -2.14. The fourth-order valence-corrected chi connectivity index (χ4v) is 4.12. The molecule has 0 saturated carbocycles. The number of ketones is 1. The van der Waals surface area contributed by atoms with Crippen molar-refractivity contribution in [1.29, 1.82) is 5.26 Å². The Labute approximate surface area is 194 Å². The maximum atomic E-state index is 13.7. The van der Waals surface area contributed by atoms with E-state index in [1.165, 1.54) is 0 Å². The van der Waals surface area contributed by atoms with Crippen LogP contribution in [0.5, 0.6) is 0 Å². The van der Waals surface area contributed by atoms with E-state index in [2.05, 4.69) is 14.8 Å². The minimum Gasteiger partial charge on any atom is -0.478 e. The number of carboxylic acids is 1. The molecule has 4 rings (SSSR count). The van der Waals surface area contributed by atoms with Crippen LogP contribution < -0.4 is 0 Å². The van der Waals surface area contributed by atoms with Crippen LogP contribution in [0.4, 0.5) is 0 Å². The van der Waals surface area contributed by atoms with Crippen molar-refractivity contribution in [1.82, 2.24) is 8.75 Å².